The van der Waals surface area contributed by atoms with Gasteiger partial charge in [0.05, 0.1) is 19.2 Å². The molecule has 17 heavy (non-hydrogen) atoms. The summed E-state index contributed by atoms with van der Waals surface area (Å²) in [6.07, 6.45) is 1.81. The molecule has 1 heterocycles. The first kappa shape index (κ1) is 14.1. The van der Waals surface area contributed by atoms with Crippen LogP contribution in [0.3, 0.4) is 0 Å². The fraction of sp³-hybridized carbons (Fsp3) is 0.833. The maximum Gasteiger partial charge on any atom is 0.246 e. The van der Waals surface area contributed by atoms with Gasteiger partial charge >= 0.3 is 0 Å². The lowest BCUT2D eigenvalue weighted by Crippen LogP contribution is -2.52. The number of nitrogens with two attached hydrogens (primary N) is 1. The Morgan fingerprint density at radius 1 is 1.41 bits per heavy atom. The van der Waals surface area contributed by atoms with Crippen LogP contribution in [0.1, 0.15) is 33.1 Å². The van der Waals surface area contributed by atoms with Gasteiger partial charge in [0.25, 0.3) is 0 Å². The molecule has 1 aliphatic rings. The van der Waals surface area contributed by atoms with Gasteiger partial charge in [0.15, 0.2) is 0 Å². The second kappa shape index (κ2) is 6.71. The quantitative estimate of drug-likeness (QED) is 0.544. The maximum atomic E-state index is 11.6. The number of hydrogen-bond acceptors (Lipinski definition) is 4. The van der Waals surface area contributed by atoms with E-state index in [1.54, 1.807) is 0 Å². The molecule has 0 aliphatic carbocycles. The fourth-order valence-corrected chi connectivity index (χ4v) is 1.67. The molecule has 0 bridgehead atoms. The fourth-order valence-electron chi connectivity index (χ4n) is 1.67. The normalized spacial score (nSPS) is 21.4. The molecule has 0 aromatic carbocycles. The van der Waals surface area contributed by atoms with Crippen molar-refractivity contribution in [2.24, 2.45) is 11.7 Å². The number of imide groups is 1. The predicted molar refractivity (Wildman–Crippen MR) is 64.2 cm³/mol. The van der Waals surface area contributed by atoms with Crippen molar-refractivity contribution in [2.45, 2.75) is 39.2 Å². The summed E-state index contributed by atoms with van der Waals surface area (Å²) in [5.41, 5.74) is 5.62. The molecule has 5 nitrogen and oxygen atoms in total. The summed E-state index contributed by atoms with van der Waals surface area (Å²) in [6, 6.07) is -0.525. The molecule has 1 rings (SSSR count). The van der Waals surface area contributed by atoms with Crippen molar-refractivity contribution in [3.05, 3.63) is 0 Å². The molecular weight excluding hydrogens is 220 g/mol. The van der Waals surface area contributed by atoms with Crippen molar-refractivity contribution >= 4 is 11.8 Å². The highest BCUT2D eigenvalue weighted by molar-refractivity contribution is 6.00. The van der Waals surface area contributed by atoms with Gasteiger partial charge in [-0.2, -0.15) is 0 Å². The average molecular weight is 242 g/mol. The minimum Gasteiger partial charge on any atom is -0.380 e. The smallest absolute Gasteiger partial charge is 0.246 e. The summed E-state index contributed by atoms with van der Waals surface area (Å²) < 4.78 is 5.39. The van der Waals surface area contributed by atoms with Crippen molar-refractivity contribution in [2.75, 3.05) is 19.8 Å². The van der Waals surface area contributed by atoms with Gasteiger partial charge in [0.1, 0.15) is 0 Å². The van der Waals surface area contributed by atoms with E-state index in [4.69, 9.17) is 10.5 Å². The van der Waals surface area contributed by atoms with Crippen molar-refractivity contribution < 1.29 is 14.3 Å². The molecule has 0 spiro atoms. The Morgan fingerprint density at radius 2 is 2.12 bits per heavy atom. The summed E-state index contributed by atoms with van der Waals surface area (Å²) >= 11 is 0. The van der Waals surface area contributed by atoms with E-state index in [-0.39, 0.29) is 11.8 Å². The number of nitrogens with zero attached hydrogens (tertiary/aromatic N) is 1. The van der Waals surface area contributed by atoms with Crippen LogP contribution in [-0.2, 0) is 14.3 Å². The molecule has 0 saturated carbocycles. The lowest BCUT2D eigenvalue weighted by Gasteiger charge is -2.28. The number of carbonyl (C=O) groups is 2. The van der Waals surface area contributed by atoms with Gasteiger partial charge in [0, 0.05) is 13.0 Å². The average Bonchev–Trinajstić information content (AvgIpc) is 2.27. The van der Waals surface area contributed by atoms with Gasteiger partial charge in [0.2, 0.25) is 11.8 Å². The minimum absolute atomic E-state index is 0.135. The van der Waals surface area contributed by atoms with Crippen LogP contribution in [0.2, 0.25) is 0 Å². The Hall–Kier alpha value is -0.940. The van der Waals surface area contributed by atoms with Crippen LogP contribution in [0, 0.1) is 5.92 Å². The number of rotatable bonds is 6. The van der Waals surface area contributed by atoms with E-state index in [0.29, 0.717) is 38.5 Å². The monoisotopic (exact) mass is 242 g/mol. The molecule has 1 unspecified atom stereocenters. The van der Waals surface area contributed by atoms with E-state index in [9.17, 15) is 9.59 Å². The largest absolute Gasteiger partial charge is 0.380 e. The Balaban J connectivity index is 2.25. The van der Waals surface area contributed by atoms with Crippen LogP contribution in [0.15, 0.2) is 0 Å². The molecule has 1 atom stereocenters. The van der Waals surface area contributed by atoms with Gasteiger partial charge in [-0.3, -0.25) is 14.5 Å². The SMILES string of the molecule is CC(C)CCOCCN1C(=O)CCC(N)C1=O. The molecule has 1 fully saturated rings. The van der Waals surface area contributed by atoms with Crippen LogP contribution in [0.4, 0.5) is 0 Å². The number of hydrogen-bond donors (Lipinski definition) is 1. The third kappa shape index (κ3) is 4.44. The van der Waals surface area contributed by atoms with E-state index in [1.165, 1.54) is 4.90 Å². The second-order valence-corrected chi connectivity index (χ2v) is 4.82. The topological polar surface area (TPSA) is 72.6 Å². The zero-order valence-electron chi connectivity index (χ0n) is 10.6. The van der Waals surface area contributed by atoms with Crippen LogP contribution in [-0.4, -0.2) is 42.5 Å². The number of ether oxygens (including phenoxy) is 1. The van der Waals surface area contributed by atoms with Gasteiger partial charge in [-0.1, -0.05) is 13.8 Å². The van der Waals surface area contributed by atoms with Gasteiger partial charge in [-0.05, 0) is 18.8 Å². The highest BCUT2D eigenvalue weighted by atomic mass is 16.5. The van der Waals surface area contributed by atoms with Gasteiger partial charge in [-0.25, -0.2) is 0 Å². The first-order valence-electron chi connectivity index (χ1n) is 6.20. The lowest BCUT2D eigenvalue weighted by atomic mass is 10.1. The summed E-state index contributed by atoms with van der Waals surface area (Å²) in [4.78, 5) is 24.4. The molecule has 0 radical (unpaired) electrons. The van der Waals surface area contributed by atoms with E-state index in [2.05, 4.69) is 13.8 Å². The third-order valence-corrected chi connectivity index (χ3v) is 2.85. The highest BCUT2D eigenvalue weighted by Gasteiger charge is 2.31. The van der Waals surface area contributed by atoms with Crippen molar-refractivity contribution in [3.8, 4) is 0 Å². The van der Waals surface area contributed by atoms with Crippen molar-refractivity contribution in [3.63, 3.8) is 0 Å². The molecule has 1 saturated heterocycles. The number of piperidine rings is 1. The van der Waals surface area contributed by atoms with Crippen LogP contribution in [0.5, 0.6) is 0 Å². The summed E-state index contributed by atoms with van der Waals surface area (Å²) in [7, 11) is 0. The molecule has 2 N–H and O–H groups in total. The summed E-state index contributed by atoms with van der Waals surface area (Å²) in [6.45, 7) is 5.64. The molecule has 5 heteroatoms. The Bertz CT molecular complexity index is 279. The maximum absolute atomic E-state index is 11.6. The standard InChI is InChI=1S/C12H22N2O3/c1-9(2)5-7-17-8-6-14-11(15)4-3-10(13)12(14)16/h9-10H,3-8,13H2,1-2H3. The molecule has 0 aromatic heterocycles. The van der Waals surface area contributed by atoms with Gasteiger partial charge < -0.3 is 10.5 Å². The zero-order chi connectivity index (χ0) is 12.8. The molecule has 1 aliphatic heterocycles. The van der Waals surface area contributed by atoms with Crippen molar-refractivity contribution in [1.29, 1.82) is 0 Å². The summed E-state index contributed by atoms with van der Waals surface area (Å²) in [5, 5.41) is 0. The van der Waals surface area contributed by atoms with Gasteiger partial charge in [-0.15, -0.1) is 0 Å². The minimum atomic E-state index is -0.525. The van der Waals surface area contributed by atoms with Crippen LogP contribution in [0.25, 0.3) is 0 Å². The van der Waals surface area contributed by atoms with Crippen LogP contribution < -0.4 is 5.73 Å². The first-order chi connectivity index (χ1) is 8.02. The van der Waals surface area contributed by atoms with Crippen LogP contribution >= 0.6 is 0 Å². The number of likely N-dealkylation sites (tertiary alicyclic amines) is 1. The molecule has 0 aromatic rings. The number of amides is 2. The highest BCUT2D eigenvalue weighted by Crippen LogP contribution is 2.11. The van der Waals surface area contributed by atoms with E-state index < -0.39 is 6.04 Å². The zero-order valence-corrected chi connectivity index (χ0v) is 10.6. The van der Waals surface area contributed by atoms with Crippen molar-refractivity contribution in [1.82, 2.24) is 4.90 Å². The van der Waals surface area contributed by atoms with E-state index in [0.717, 1.165) is 6.42 Å². The second-order valence-electron chi connectivity index (χ2n) is 4.82. The lowest BCUT2D eigenvalue weighted by molar-refractivity contribution is -0.150. The third-order valence-electron chi connectivity index (χ3n) is 2.85. The Kier molecular flexibility index (Phi) is 5.58. The predicted octanol–water partition coefficient (Wildman–Crippen LogP) is 0.525. The molecule has 2 amide bonds. The van der Waals surface area contributed by atoms with E-state index >= 15 is 0 Å². The summed E-state index contributed by atoms with van der Waals surface area (Å²) in [5.74, 6) is 0.194. The number of carbonyl (C=O) groups excluding carboxylic acids is 2. The first-order valence-corrected chi connectivity index (χ1v) is 6.20. The van der Waals surface area contributed by atoms with E-state index in [1.807, 2.05) is 0 Å². The Labute approximate surface area is 102 Å². The Morgan fingerprint density at radius 3 is 2.76 bits per heavy atom. The molecular formula is C12H22N2O3. The molecule has 98 valence electrons.